The Kier molecular flexibility index (Phi) is 8.75. The van der Waals surface area contributed by atoms with Gasteiger partial charge in [0.1, 0.15) is 0 Å². The number of aromatic nitrogens is 2. The fourth-order valence-corrected chi connectivity index (χ4v) is 11.0. The van der Waals surface area contributed by atoms with Crippen LogP contribution in [0.2, 0.25) is 0 Å². The Morgan fingerprint density at radius 1 is 0.613 bits per heavy atom. The minimum atomic E-state index is 0.774. The summed E-state index contributed by atoms with van der Waals surface area (Å²) in [7, 11) is 1.99. The molecule has 296 valence electrons. The molecule has 62 heavy (non-hydrogen) atoms. The maximum absolute atomic E-state index is 5.67. The van der Waals surface area contributed by atoms with Gasteiger partial charge in [0, 0.05) is 60.6 Å². The second kappa shape index (κ2) is 14.9. The van der Waals surface area contributed by atoms with Gasteiger partial charge in [0.15, 0.2) is 0 Å². The van der Waals surface area contributed by atoms with Gasteiger partial charge in [0.25, 0.3) is 0 Å². The Hall–Kier alpha value is -7.47. The molecule has 3 aromatic heterocycles. The molecule has 2 aliphatic carbocycles. The molecule has 1 N–H and O–H groups in total. The van der Waals surface area contributed by atoms with Gasteiger partial charge in [-0.05, 0) is 77.2 Å². The minimum Gasteiger partial charge on any atom is -0.358 e. The number of hydrogen-bond donors (Lipinski definition) is 1. The molecule has 0 radical (unpaired) electrons. The van der Waals surface area contributed by atoms with Crippen molar-refractivity contribution in [3.8, 4) is 21.6 Å². The van der Waals surface area contributed by atoms with Gasteiger partial charge in [-0.3, -0.25) is 4.57 Å². The average Bonchev–Trinajstić information content (AvgIpc) is 4.03. The topological polar surface area (TPSA) is 34.2 Å². The number of nitrogens with zero attached hydrogens (tertiary/aromatic N) is 3. The molecule has 0 fully saturated rings. The molecule has 7 aromatic carbocycles. The predicted octanol–water partition coefficient (Wildman–Crippen LogP) is 15.1. The molecule has 0 spiro atoms. The Morgan fingerprint density at radius 3 is 2.10 bits per heavy atom. The first-order valence-corrected chi connectivity index (χ1v) is 22.3. The van der Waals surface area contributed by atoms with Gasteiger partial charge >= 0.3 is 0 Å². The summed E-state index contributed by atoms with van der Waals surface area (Å²) in [6.45, 7) is 0. The maximum atomic E-state index is 5.67. The number of para-hydroxylation sites is 1. The fraction of sp³-hybridized carbons (Fsp3) is 0.0702. The van der Waals surface area contributed by atoms with Gasteiger partial charge in [-0.25, -0.2) is 4.99 Å². The number of allylic oxidation sites excluding steroid dienone is 6. The maximum Gasteiger partial charge on any atom is 0.208 e. The van der Waals surface area contributed by atoms with Crippen LogP contribution in [-0.2, 0) is 0 Å². The standard InChI is InChI=1S/C57H42N4S/c1-58-57(59-54(39-19-7-3-8-20-39)49-26-15-21-42-36-53(62-56(42)49)38-17-5-2-6-18-38)61-50-27-14-13-25-45(50)46-31-29-41(35-52(46)61)40-30-32-47-48-33-28-37-16-11-12-24-44(37)55(48)60(51(47)34-40)43-22-9-4-10-23-43/h2-9,11-22,24-25,27-36H,10,23,26H2,1H3,(H,58,59)/b54-49+. The third-order valence-corrected chi connectivity index (χ3v) is 13.9. The van der Waals surface area contributed by atoms with Crippen LogP contribution in [0.25, 0.3) is 99.0 Å². The summed E-state index contributed by atoms with van der Waals surface area (Å²) in [6, 6.07) is 59.7. The summed E-state index contributed by atoms with van der Waals surface area (Å²) < 4.78 is 4.85. The fourth-order valence-electron chi connectivity index (χ4n) is 9.75. The lowest BCUT2D eigenvalue weighted by molar-refractivity contribution is 0.980. The Labute approximate surface area is 364 Å². The summed E-state index contributed by atoms with van der Waals surface area (Å²) in [5.74, 6) is 0.774. The molecule has 0 aliphatic heterocycles. The molecule has 4 nitrogen and oxygen atoms in total. The van der Waals surface area contributed by atoms with Crippen molar-refractivity contribution in [2.75, 3.05) is 7.05 Å². The zero-order valence-electron chi connectivity index (χ0n) is 34.3. The molecule has 0 saturated carbocycles. The van der Waals surface area contributed by atoms with Crippen LogP contribution >= 0.6 is 11.3 Å². The highest BCUT2D eigenvalue weighted by atomic mass is 32.1. The van der Waals surface area contributed by atoms with E-state index in [1.165, 1.54) is 81.1 Å². The zero-order valence-corrected chi connectivity index (χ0v) is 35.2. The third kappa shape index (κ3) is 5.92. The van der Waals surface area contributed by atoms with Crippen molar-refractivity contribution < 1.29 is 0 Å². The molecule has 0 unspecified atom stereocenters. The van der Waals surface area contributed by atoms with Crippen LogP contribution in [0.5, 0.6) is 0 Å². The van der Waals surface area contributed by atoms with E-state index in [0.717, 1.165) is 53.1 Å². The second-order valence-electron chi connectivity index (χ2n) is 16.2. The first-order chi connectivity index (χ1) is 30.7. The number of hydrogen-bond acceptors (Lipinski definition) is 2. The van der Waals surface area contributed by atoms with Gasteiger partial charge in [-0.2, -0.15) is 0 Å². The summed E-state index contributed by atoms with van der Waals surface area (Å²) in [5.41, 5.74) is 14.2. The van der Waals surface area contributed by atoms with Crippen LogP contribution in [0.15, 0.2) is 193 Å². The number of aliphatic imine (C=N–C) groups is 1. The van der Waals surface area contributed by atoms with E-state index < -0.39 is 0 Å². The first kappa shape index (κ1) is 36.4. The van der Waals surface area contributed by atoms with Crippen molar-refractivity contribution in [1.29, 1.82) is 0 Å². The summed E-state index contributed by atoms with van der Waals surface area (Å²) in [5, 5.41) is 11.1. The number of fused-ring (bicyclic) bond motifs is 9. The van der Waals surface area contributed by atoms with Gasteiger partial charge < -0.3 is 9.88 Å². The minimum absolute atomic E-state index is 0.774. The Bertz CT molecular complexity index is 3570. The van der Waals surface area contributed by atoms with E-state index in [4.69, 9.17) is 4.99 Å². The van der Waals surface area contributed by atoms with E-state index in [0.29, 0.717) is 0 Å². The van der Waals surface area contributed by atoms with E-state index in [-0.39, 0.29) is 0 Å². The first-order valence-electron chi connectivity index (χ1n) is 21.5. The highest BCUT2D eigenvalue weighted by Gasteiger charge is 2.23. The Balaban J connectivity index is 1.06. The lowest BCUT2D eigenvalue weighted by Crippen LogP contribution is -2.27. The Morgan fingerprint density at radius 2 is 1.31 bits per heavy atom. The van der Waals surface area contributed by atoms with Gasteiger partial charge in [-0.15, -0.1) is 11.3 Å². The van der Waals surface area contributed by atoms with Crippen LogP contribution in [0.1, 0.15) is 35.3 Å². The molecule has 10 aromatic rings. The van der Waals surface area contributed by atoms with E-state index in [2.05, 4.69) is 209 Å². The van der Waals surface area contributed by atoms with Crippen molar-refractivity contribution >= 4 is 94.7 Å². The second-order valence-corrected chi connectivity index (χ2v) is 17.3. The molecule has 0 amide bonds. The van der Waals surface area contributed by atoms with Gasteiger partial charge in [0.2, 0.25) is 5.96 Å². The summed E-state index contributed by atoms with van der Waals surface area (Å²) in [4.78, 5) is 8.21. The van der Waals surface area contributed by atoms with E-state index in [1.54, 1.807) is 0 Å². The zero-order chi connectivity index (χ0) is 41.1. The van der Waals surface area contributed by atoms with Crippen LogP contribution < -0.4 is 5.32 Å². The number of rotatable bonds is 5. The normalized spacial score (nSPS) is 14.9. The average molecular weight is 815 g/mol. The molecule has 2 aliphatic rings. The molecule has 12 rings (SSSR count). The quantitative estimate of drug-likeness (QED) is 0.136. The highest BCUT2D eigenvalue weighted by Crippen LogP contribution is 2.45. The van der Waals surface area contributed by atoms with Crippen LogP contribution in [0, 0.1) is 0 Å². The SMILES string of the molecule is CNC(=N/C(=C1\CC=Cc2cc(-c3ccccc3)sc21)c1ccccc1)n1c2ccccc2c2ccc(-c3ccc4c5ccc6ccccc6c5n(C5=CC=CCC5)c4c3)cc21. The monoisotopic (exact) mass is 814 g/mol. The number of benzene rings is 7. The molecular formula is C57H42N4S. The molecule has 0 bridgehead atoms. The van der Waals surface area contributed by atoms with E-state index >= 15 is 0 Å². The summed E-state index contributed by atoms with van der Waals surface area (Å²) in [6.07, 6.45) is 14.2. The van der Waals surface area contributed by atoms with Gasteiger partial charge in [-0.1, -0.05) is 164 Å². The summed E-state index contributed by atoms with van der Waals surface area (Å²) >= 11 is 1.85. The lowest BCUT2D eigenvalue weighted by Gasteiger charge is -2.17. The third-order valence-electron chi connectivity index (χ3n) is 12.6. The van der Waals surface area contributed by atoms with Crippen molar-refractivity contribution in [1.82, 2.24) is 14.5 Å². The molecule has 0 atom stereocenters. The van der Waals surface area contributed by atoms with Crippen molar-refractivity contribution in [2.45, 2.75) is 19.3 Å². The van der Waals surface area contributed by atoms with Crippen LogP contribution in [0.4, 0.5) is 0 Å². The van der Waals surface area contributed by atoms with Gasteiger partial charge in [0.05, 0.1) is 27.8 Å². The lowest BCUT2D eigenvalue weighted by atomic mass is 9.96. The number of nitrogens with one attached hydrogen (secondary N) is 1. The predicted molar refractivity (Wildman–Crippen MR) is 267 cm³/mol. The number of thiophene rings is 1. The molecular weight excluding hydrogens is 773 g/mol. The van der Waals surface area contributed by atoms with Crippen LogP contribution in [-0.4, -0.2) is 22.1 Å². The van der Waals surface area contributed by atoms with Crippen molar-refractivity contribution in [3.63, 3.8) is 0 Å². The van der Waals surface area contributed by atoms with E-state index in [1.807, 2.05) is 18.4 Å². The smallest absolute Gasteiger partial charge is 0.208 e. The molecule has 3 heterocycles. The molecule has 0 saturated heterocycles. The highest BCUT2D eigenvalue weighted by molar-refractivity contribution is 7.17. The van der Waals surface area contributed by atoms with Crippen molar-refractivity contribution in [2.24, 2.45) is 4.99 Å². The largest absolute Gasteiger partial charge is 0.358 e. The van der Waals surface area contributed by atoms with Crippen molar-refractivity contribution in [3.05, 3.63) is 204 Å². The molecule has 5 heteroatoms. The van der Waals surface area contributed by atoms with Crippen LogP contribution in [0.3, 0.4) is 0 Å². The van der Waals surface area contributed by atoms with E-state index in [9.17, 15) is 0 Å².